The first-order chi connectivity index (χ1) is 15.8. The van der Waals surface area contributed by atoms with Crippen LogP contribution in [0.15, 0.2) is 66.7 Å². The van der Waals surface area contributed by atoms with Gasteiger partial charge in [0.05, 0.1) is 16.8 Å². The van der Waals surface area contributed by atoms with Crippen LogP contribution in [-0.2, 0) is 10.2 Å². The number of amides is 1. The lowest BCUT2D eigenvalue weighted by molar-refractivity contribution is -0.116. The van der Waals surface area contributed by atoms with Gasteiger partial charge in [-0.2, -0.15) is 0 Å². The molecule has 0 fully saturated rings. The standard InChI is InChI=1S/C28H30N2O2S/c1-19-7-16-24-25(18-19)33-27(30-24)20-8-12-22(13-9-20)29-26(31)6-5-17-32-23-14-10-21(11-15-23)28(2,3)4/h7-16,18H,5-6,17H2,1-4H3,(H,29,31). The second-order valence-corrected chi connectivity index (χ2v) is 10.4. The number of hydrogen-bond donors (Lipinski definition) is 1. The van der Waals surface area contributed by atoms with E-state index in [-0.39, 0.29) is 11.3 Å². The summed E-state index contributed by atoms with van der Waals surface area (Å²) in [6.07, 6.45) is 1.08. The normalized spacial score (nSPS) is 11.5. The Morgan fingerprint density at radius 3 is 2.42 bits per heavy atom. The molecule has 0 saturated heterocycles. The number of anilines is 1. The van der Waals surface area contributed by atoms with E-state index < -0.39 is 0 Å². The van der Waals surface area contributed by atoms with Crippen LogP contribution in [-0.4, -0.2) is 17.5 Å². The van der Waals surface area contributed by atoms with Gasteiger partial charge in [-0.05, 0) is 78.4 Å². The van der Waals surface area contributed by atoms with Crippen LogP contribution >= 0.6 is 11.3 Å². The van der Waals surface area contributed by atoms with Crippen LogP contribution in [0.3, 0.4) is 0 Å². The first-order valence-corrected chi connectivity index (χ1v) is 12.1. The maximum atomic E-state index is 12.3. The predicted molar refractivity (Wildman–Crippen MR) is 138 cm³/mol. The van der Waals surface area contributed by atoms with E-state index in [1.807, 2.05) is 36.4 Å². The molecule has 4 nitrogen and oxygen atoms in total. The van der Waals surface area contributed by atoms with Crippen LogP contribution in [0.25, 0.3) is 20.8 Å². The summed E-state index contributed by atoms with van der Waals surface area (Å²) in [5, 5.41) is 3.95. The number of nitrogens with zero attached hydrogens (tertiary/aromatic N) is 1. The smallest absolute Gasteiger partial charge is 0.224 e. The Bertz CT molecular complexity index is 1240. The molecule has 170 valence electrons. The molecule has 3 aromatic carbocycles. The van der Waals surface area contributed by atoms with E-state index in [0.29, 0.717) is 19.4 Å². The number of thiazole rings is 1. The lowest BCUT2D eigenvalue weighted by atomic mass is 9.87. The van der Waals surface area contributed by atoms with Crippen molar-refractivity contribution in [2.75, 3.05) is 11.9 Å². The largest absolute Gasteiger partial charge is 0.494 e. The van der Waals surface area contributed by atoms with Gasteiger partial charge in [-0.15, -0.1) is 11.3 Å². The minimum Gasteiger partial charge on any atom is -0.494 e. The molecule has 4 aromatic rings. The van der Waals surface area contributed by atoms with Crippen molar-refractivity contribution in [3.05, 3.63) is 77.9 Å². The topological polar surface area (TPSA) is 51.2 Å². The molecule has 1 amide bonds. The molecule has 1 aromatic heterocycles. The molecule has 0 radical (unpaired) electrons. The van der Waals surface area contributed by atoms with Crippen LogP contribution < -0.4 is 10.1 Å². The highest BCUT2D eigenvalue weighted by Crippen LogP contribution is 2.31. The van der Waals surface area contributed by atoms with Crippen LogP contribution in [0.4, 0.5) is 5.69 Å². The van der Waals surface area contributed by atoms with Crippen molar-refractivity contribution in [1.82, 2.24) is 4.98 Å². The number of benzene rings is 3. The third kappa shape index (κ3) is 5.99. The van der Waals surface area contributed by atoms with Crippen molar-refractivity contribution in [2.24, 2.45) is 0 Å². The van der Waals surface area contributed by atoms with E-state index >= 15 is 0 Å². The number of ether oxygens (including phenoxy) is 1. The Morgan fingerprint density at radius 1 is 1.00 bits per heavy atom. The minimum atomic E-state index is -0.00936. The number of carbonyl (C=O) groups is 1. The van der Waals surface area contributed by atoms with E-state index in [4.69, 9.17) is 9.72 Å². The molecular weight excluding hydrogens is 428 g/mol. The van der Waals surface area contributed by atoms with Gasteiger partial charge in [0.25, 0.3) is 0 Å². The highest BCUT2D eigenvalue weighted by Gasteiger charge is 2.13. The molecule has 5 heteroatoms. The molecule has 0 atom stereocenters. The van der Waals surface area contributed by atoms with Gasteiger partial charge in [0.15, 0.2) is 0 Å². The van der Waals surface area contributed by atoms with Crippen LogP contribution in [0.5, 0.6) is 5.75 Å². The summed E-state index contributed by atoms with van der Waals surface area (Å²) in [4.78, 5) is 17.0. The Balaban J connectivity index is 1.25. The zero-order chi connectivity index (χ0) is 23.4. The fourth-order valence-corrected chi connectivity index (χ4v) is 4.62. The third-order valence-electron chi connectivity index (χ3n) is 5.50. The molecular formula is C28H30N2O2S. The molecule has 0 unspecified atom stereocenters. The molecule has 4 rings (SSSR count). The van der Waals surface area contributed by atoms with Gasteiger partial charge in [0.2, 0.25) is 5.91 Å². The fourth-order valence-electron chi connectivity index (χ4n) is 3.55. The van der Waals surface area contributed by atoms with Crippen LogP contribution in [0, 0.1) is 6.92 Å². The van der Waals surface area contributed by atoms with Crippen molar-refractivity contribution in [1.29, 1.82) is 0 Å². The molecule has 0 spiro atoms. The van der Waals surface area contributed by atoms with E-state index in [2.05, 4.69) is 63.3 Å². The zero-order valence-electron chi connectivity index (χ0n) is 19.6. The molecule has 0 bridgehead atoms. The highest BCUT2D eigenvalue weighted by molar-refractivity contribution is 7.21. The number of aryl methyl sites for hydroxylation is 1. The Kier molecular flexibility index (Phi) is 6.80. The summed E-state index contributed by atoms with van der Waals surface area (Å²) >= 11 is 1.69. The third-order valence-corrected chi connectivity index (χ3v) is 6.56. The lowest BCUT2D eigenvalue weighted by Crippen LogP contribution is -2.13. The number of carbonyl (C=O) groups excluding carboxylic acids is 1. The lowest BCUT2D eigenvalue weighted by Gasteiger charge is -2.19. The zero-order valence-corrected chi connectivity index (χ0v) is 20.5. The number of rotatable bonds is 7. The van der Waals surface area contributed by atoms with E-state index in [9.17, 15) is 4.79 Å². The first-order valence-electron chi connectivity index (χ1n) is 11.3. The average molecular weight is 459 g/mol. The maximum absolute atomic E-state index is 12.3. The molecule has 0 aliphatic carbocycles. The second-order valence-electron chi connectivity index (χ2n) is 9.34. The van der Waals surface area contributed by atoms with Gasteiger partial charge in [0, 0.05) is 17.7 Å². The summed E-state index contributed by atoms with van der Waals surface area (Å²) in [6.45, 7) is 9.18. The van der Waals surface area contributed by atoms with Crippen molar-refractivity contribution in [2.45, 2.75) is 46.0 Å². The summed E-state index contributed by atoms with van der Waals surface area (Å²) in [7, 11) is 0. The van der Waals surface area contributed by atoms with Crippen LogP contribution in [0.1, 0.15) is 44.7 Å². The maximum Gasteiger partial charge on any atom is 0.224 e. The summed E-state index contributed by atoms with van der Waals surface area (Å²) in [5.41, 5.74) is 5.50. The Labute approximate surface area is 199 Å². The SMILES string of the molecule is Cc1ccc2nc(-c3ccc(NC(=O)CCCOc4ccc(C(C)(C)C)cc4)cc3)sc2c1. The van der Waals surface area contributed by atoms with Gasteiger partial charge < -0.3 is 10.1 Å². The summed E-state index contributed by atoms with van der Waals surface area (Å²) < 4.78 is 6.98. The van der Waals surface area contributed by atoms with Crippen molar-refractivity contribution in [3.8, 4) is 16.3 Å². The van der Waals surface area contributed by atoms with Crippen molar-refractivity contribution < 1.29 is 9.53 Å². The van der Waals surface area contributed by atoms with Gasteiger partial charge in [0.1, 0.15) is 10.8 Å². The average Bonchev–Trinajstić information content (AvgIpc) is 3.20. The fraction of sp³-hybridized carbons (Fsp3) is 0.286. The highest BCUT2D eigenvalue weighted by atomic mass is 32.1. The number of aromatic nitrogens is 1. The molecule has 1 heterocycles. The molecule has 33 heavy (non-hydrogen) atoms. The summed E-state index contributed by atoms with van der Waals surface area (Å²) in [5.74, 6) is 0.828. The van der Waals surface area contributed by atoms with E-state index in [1.165, 1.54) is 15.8 Å². The van der Waals surface area contributed by atoms with Crippen LogP contribution in [0.2, 0.25) is 0 Å². The Morgan fingerprint density at radius 2 is 1.73 bits per heavy atom. The van der Waals surface area contributed by atoms with E-state index in [0.717, 1.165) is 27.5 Å². The number of hydrogen-bond acceptors (Lipinski definition) is 4. The predicted octanol–water partition coefficient (Wildman–Crippen LogP) is 7.37. The number of fused-ring (bicyclic) bond motifs is 1. The monoisotopic (exact) mass is 458 g/mol. The molecule has 1 N–H and O–H groups in total. The van der Waals surface area contributed by atoms with Gasteiger partial charge in [-0.1, -0.05) is 39.0 Å². The quantitative estimate of drug-likeness (QED) is 0.294. The molecule has 0 saturated carbocycles. The molecule has 0 aliphatic rings. The summed E-state index contributed by atoms with van der Waals surface area (Å²) in [6, 6.07) is 22.4. The van der Waals surface area contributed by atoms with Gasteiger partial charge in [-0.25, -0.2) is 4.98 Å². The Hall–Kier alpha value is -3.18. The van der Waals surface area contributed by atoms with Gasteiger partial charge >= 0.3 is 0 Å². The van der Waals surface area contributed by atoms with Crippen molar-refractivity contribution >= 4 is 33.1 Å². The van der Waals surface area contributed by atoms with Gasteiger partial charge in [-0.3, -0.25) is 4.79 Å². The van der Waals surface area contributed by atoms with E-state index in [1.54, 1.807) is 11.3 Å². The second kappa shape index (κ2) is 9.75. The first kappa shape index (κ1) is 23.0. The number of nitrogens with one attached hydrogen (secondary N) is 1. The minimum absolute atomic E-state index is 0.00936. The molecule has 0 aliphatic heterocycles. The van der Waals surface area contributed by atoms with Crippen molar-refractivity contribution in [3.63, 3.8) is 0 Å².